The fourth-order valence-corrected chi connectivity index (χ4v) is 3.05. The van der Waals surface area contributed by atoms with Crippen LogP contribution in [0.1, 0.15) is 15.9 Å². The number of methoxy groups -OCH3 is 1. The number of ether oxygens (including phenoxy) is 1. The van der Waals surface area contributed by atoms with Crippen molar-refractivity contribution < 1.29 is 23.5 Å². The number of hydrogen-bond acceptors (Lipinski definition) is 6. The van der Waals surface area contributed by atoms with E-state index in [1.165, 1.54) is 13.2 Å². The molecule has 1 heterocycles. The van der Waals surface area contributed by atoms with Crippen molar-refractivity contribution in [2.24, 2.45) is 5.73 Å². The van der Waals surface area contributed by atoms with Crippen LogP contribution >= 0.6 is 0 Å². The molecule has 0 saturated heterocycles. The Kier molecular flexibility index (Phi) is 6.66. The number of hydrogen-bond donors (Lipinski definition) is 3. The first-order valence-corrected chi connectivity index (χ1v) is 9.40. The Labute approximate surface area is 177 Å². The predicted molar refractivity (Wildman–Crippen MR) is 113 cm³/mol. The summed E-state index contributed by atoms with van der Waals surface area (Å²) in [7, 11) is 1.48. The molecule has 0 unspecified atom stereocenters. The van der Waals surface area contributed by atoms with E-state index >= 15 is 0 Å². The maximum absolute atomic E-state index is 12.3. The molecule has 2 aromatic carbocycles. The standard InChI is InChI=1S/C22H21N3O6/c1-30-15-7-8-16-14(10-20(27)31-18(16)11-15)9-17(21(23)28)25-19(26)12-24-22(29)13-5-3-2-4-6-13/h2-8,10-11,17H,9,12H2,1H3,(H2,23,28)(H,24,29)(H,25,26)/t17-/m0/s1. The van der Waals surface area contributed by atoms with Gasteiger partial charge in [-0.05, 0) is 29.8 Å². The molecule has 0 bridgehead atoms. The van der Waals surface area contributed by atoms with Gasteiger partial charge in [-0.25, -0.2) is 4.79 Å². The molecule has 0 aliphatic carbocycles. The highest BCUT2D eigenvalue weighted by Crippen LogP contribution is 2.23. The molecule has 0 spiro atoms. The second kappa shape index (κ2) is 9.57. The maximum atomic E-state index is 12.3. The lowest BCUT2D eigenvalue weighted by atomic mass is 10.0. The van der Waals surface area contributed by atoms with Gasteiger partial charge in [0, 0.05) is 29.5 Å². The second-order valence-corrected chi connectivity index (χ2v) is 6.73. The van der Waals surface area contributed by atoms with Gasteiger partial charge in [0.25, 0.3) is 5.91 Å². The predicted octanol–water partition coefficient (Wildman–Crippen LogP) is 0.744. The molecule has 3 amide bonds. The van der Waals surface area contributed by atoms with Crippen LogP contribution < -0.4 is 26.7 Å². The number of carbonyl (C=O) groups excluding carboxylic acids is 3. The van der Waals surface area contributed by atoms with E-state index < -0.39 is 29.4 Å². The van der Waals surface area contributed by atoms with Gasteiger partial charge < -0.3 is 25.5 Å². The largest absolute Gasteiger partial charge is 0.497 e. The Morgan fingerprint density at radius 2 is 1.84 bits per heavy atom. The molecule has 0 radical (unpaired) electrons. The van der Waals surface area contributed by atoms with Crippen molar-refractivity contribution in [3.05, 3.63) is 76.1 Å². The van der Waals surface area contributed by atoms with Gasteiger partial charge in [0.1, 0.15) is 17.4 Å². The minimum Gasteiger partial charge on any atom is -0.497 e. The average Bonchev–Trinajstić information content (AvgIpc) is 2.76. The monoisotopic (exact) mass is 423 g/mol. The van der Waals surface area contributed by atoms with Crippen LogP contribution in [0.15, 0.2) is 63.8 Å². The van der Waals surface area contributed by atoms with Gasteiger partial charge in [-0.1, -0.05) is 18.2 Å². The summed E-state index contributed by atoms with van der Waals surface area (Å²) >= 11 is 0. The van der Waals surface area contributed by atoms with E-state index in [-0.39, 0.29) is 18.5 Å². The van der Waals surface area contributed by atoms with Crippen molar-refractivity contribution in [1.82, 2.24) is 10.6 Å². The lowest BCUT2D eigenvalue weighted by Gasteiger charge is -2.17. The normalized spacial score (nSPS) is 11.5. The van der Waals surface area contributed by atoms with Crippen molar-refractivity contribution in [2.45, 2.75) is 12.5 Å². The summed E-state index contributed by atoms with van der Waals surface area (Å²) in [6.45, 7) is -0.341. The molecule has 9 heteroatoms. The highest BCUT2D eigenvalue weighted by Gasteiger charge is 2.21. The van der Waals surface area contributed by atoms with Crippen LogP contribution in [0.25, 0.3) is 11.0 Å². The van der Waals surface area contributed by atoms with Crippen molar-refractivity contribution in [2.75, 3.05) is 13.7 Å². The first-order valence-electron chi connectivity index (χ1n) is 9.40. The molecule has 3 aromatic rings. The molecule has 0 saturated carbocycles. The molecule has 4 N–H and O–H groups in total. The second-order valence-electron chi connectivity index (χ2n) is 6.73. The van der Waals surface area contributed by atoms with E-state index in [1.54, 1.807) is 48.5 Å². The van der Waals surface area contributed by atoms with Gasteiger partial charge in [-0.3, -0.25) is 14.4 Å². The highest BCUT2D eigenvalue weighted by molar-refractivity contribution is 5.97. The van der Waals surface area contributed by atoms with E-state index in [9.17, 15) is 19.2 Å². The molecule has 31 heavy (non-hydrogen) atoms. The van der Waals surface area contributed by atoms with Crippen LogP contribution in [0.2, 0.25) is 0 Å². The third kappa shape index (κ3) is 5.47. The number of primary amides is 1. The van der Waals surface area contributed by atoms with Crippen molar-refractivity contribution in [3.63, 3.8) is 0 Å². The molecule has 3 rings (SSSR count). The lowest BCUT2D eigenvalue weighted by molar-refractivity contribution is -0.126. The first-order chi connectivity index (χ1) is 14.9. The third-order valence-corrected chi connectivity index (χ3v) is 4.59. The summed E-state index contributed by atoms with van der Waals surface area (Å²) in [5.74, 6) is -1.30. The van der Waals surface area contributed by atoms with Gasteiger partial charge in [0.15, 0.2) is 0 Å². The van der Waals surface area contributed by atoms with Gasteiger partial charge >= 0.3 is 5.63 Å². The number of carbonyl (C=O) groups is 3. The van der Waals surface area contributed by atoms with E-state index in [0.717, 1.165) is 0 Å². The molecule has 9 nitrogen and oxygen atoms in total. The molecule has 1 atom stereocenters. The van der Waals surface area contributed by atoms with Crippen LogP contribution in [0.5, 0.6) is 5.75 Å². The summed E-state index contributed by atoms with van der Waals surface area (Å²) in [6.07, 6.45) is -0.0257. The van der Waals surface area contributed by atoms with Gasteiger partial charge in [-0.15, -0.1) is 0 Å². The number of nitrogens with two attached hydrogens (primary N) is 1. The number of nitrogens with one attached hydrogen (secondary N) is 2. The summed E-state index contributed by atoms with van der Waals surface area (Å²) < 4.78 is 10.3. The van der Waals surface area contributed by atoms with Crippen LogP contribution in [0.3, 0.4) is 0 Å². The topological polar surface area (TPSA) is 141 Å². The van der Waals surface area contributed by atoms with Crippen molar-refractivity contribution in [3.8, 4) is 5.75 Å². The smallest absolute Gasteiger partial charge is 0.336 e. The van der Waals surface area contributed by atoms with Crippen LogP contribution in [-0.2, 0) is 16.0 Å². The Morgan fingerprint density at radius 3 is 2.52 bits per heavy atom. The maximum Gasteiger partial charge on any atom is 0.336 e. The minimum absolute atomic E-state index is 0.0257. The number of amides is 3. The van der Waals surface area contributed by atoms with Crippen molar-refractivity contribution >= 4 is 28.7 Å². The Morgan fingerprint density at radius 1 is 1.10 bits per heavy atom. The highest BCUT2D eigenvalue weighted by atomic mass is 16.5. The van der Waals surface area contributed by atoms with Gasteiger partial charge in [-0.2, -0.15) is 0 Å². The van der Waals surface area contributed by atoms with Crippen LogP contribution in [0, 0.1) is 0 Å². The molecule has 0 aliphatic rings. The van der Waals surface area contributed by atoms with E-state index in [2.05, 4.69) is 10.6 Å². The first kappa shape index (κ1) is 21.6. The minimum atomic E-state index is -1.09. The Bertz CT molecular complexity index is 1170. The summed E-state index contributed by atoms with van der Waals surface area (Å²) in [4.78, 5) is 48.2. The van der Waals surface area contributed by atoms with Crippen molar-refractivity contribution in [1.29, 1.82) is 0 Å². The Balaban J connectivity index is 1.71. The van der Waals surface area contributed by atoms with Gasteiger partial charge in [0.05, 0.1) is 13.7 Å². The summed E-state index contributed by atoms with van der Waals surface area (Å²) in [5, 5.41) is 5.55. The molecule has 160 valence electrons. The molecular weight excluding hydrogens is 402 g/mol. The average molecular weight is 423 g/mol. The summed E-state index contributed by atoms with van der Waals surface area (Å²) in [6, 6.07) is 13.5. The molecular formula is C22H21N3O6. The third-order valence-electron chi connectivity index (χ3n) is 4.59. The number of rotatable bonds is 8. The fraction of sp³-hybridized carbons (Fsp3) is 0.182. The molecule has 1 aromatic heterocycles. The quantitative estimate of drug-likeness (QED) is 0.457. The van der Waals surface area contributed by atoms with E-state index in [1.807, 2.05) is 0 Å². The zero-order valence-corrected chi connectivity index (χ0v) is 16.7. The van der Waals surface area contributed by atoms with Crippen LogP contribution in [0.4, 0.5) is 0 Å². The zero-order valence-electron chi connectivity index (χ0n) is 16.7. The van der Waals surface area contributed by atoms with Crippen LogP contribution in [-0.4, -0.2) is 37.4 Å². The molecule has 0 fully saturated rings. The van der Waals surface area contributed by atoms with E-state index in [4.69, 9.17) is 14.9 Å². The number of benzene rings is 2. The Hall–Kier alpha value is -4.14. The SMILES string of the molecule is COc1ccc2c(C[C@H](NC(=O)CNC(=O)c3ccccc3)C(N)=O)cc(=O)oc2c1. The molecule has 0 aliphatic heterocycles. The van der Waals surface area contributed by atoms with Gasteiger partial charge in [0.2, 0.25) is 11.8 Å². The fourth-order valence-electron chi connectivity index (χ4n) is 3.05. The summed E-state index contributed by atoms with van der Waals surface area (Å²) in [5.41, 5.74) is 6.00. The number of fused-ring (bicyclic) bond motifs is 1. The zero-order chi connectivity index (χ0) is 22.4. The lowest BCUT2D eigenvalue weighted by Crippen LogP contribution is -2.49. The van der Waals surface area contributed by atoms with E-state index in [0.29, 0.717) is 22.3 Å².